The van der Waals surface area contributed by atoms with E-state index in [1.807, 2.05) is 42.5 Å². The number of alkyl carbamates (subject to hydrolysis) is 1. The van der Waals surface area contributed by atoms with Gasteiger partial charge >= 0.3 is 6.09 Å². The molecule has 0 radical (unpaired) electrons. The molecule has 0 spiro atoms. The van der Waals surface area contributed by atoms with Gasteiger partial charge in [-0.2, -0.15) is 0 Å². The molecule has 0 bridgehead atoms. The van der Waals surface area contributed by atoms with Crippen LogP contribution < -0.4 is 16.0 Å². The fraction of sp³-hybridized carbons (Fsp3) is 0.368. The number of anilines is 1. The lowest BCUT2D eigenvalue weighted by Crippen LogP contribution is -2.39. The summed E-state index contributed by atoms with van der Waals surface area (Å²) in [6.07, 6.45) is 1.25. The largest absolute Gasteiger partial charge is 0.439 e. The Kier molecular flexibility index (Phi) is 6.19. The molecule has 0 aliphatic carbocycles. The summed E-state index contributed by atoms with van der Waals surface area (Å²) in [5, 5.41) is 11.4. The molecule has 3 N–H and O–H groups in total. The number of hydrogen-bond donors (Lipinski definition) is 2. The smallest absolute Gasteiger partial charge is 0.407 e. The number of rotatable bonds is 6. The number of carbonyl (C=O) groups is 2. The summed E-state index contributed by atoms with van der Waals surface area (Å²) in [6.45, 7) is 1.82. The second kappa shape index (κ2) is 8.98. The summed E-state index contributed by atoms with van der Waals surface area (Å²) in [5.41, 5.74) is 6.83. The molecule has 1 aromatic carbocycles. The van der Waals surface area contributed by atoms with E-state index in [2.05, 4.69) is 25.2 Å². The lowest BCUT2D eigenvalue weighted by atomic mass is 9.97. The highest BCUT2D eigenvalue weighted by atomic mass is 16.6. The summed E-state index contributed by atoms with van der Waals surface area (Å²) in [5.74, 6) is 0.554. The topological polar surface area (TPSA) is 110 Å². The number of amides is 2. The van der Waals surface area contributed by atoms with Gasteiger partial charge in [0.2, 0.25) is 0 Å². The lowest BCUT2D eigenvalue weighted by molar-refractivity contribution is -0.120. The summed E-state index contributed by atoms with van der Waals surface area (Å²) < 4.78 is 4.68. The number of benzene rings is 1. The van der Waals surface area contributed by atoms with Gasteiger partial charge in [0.1, 0.15) is 0 Å². The normalized spacial score (nSPS) is 14.6. The molecule has 0 saturated carbocycles. The van der Waals surface area contributed by atoms with Crippen molar-refractivity contribution in [3.63, 3.8) is 0 Å². The third kappa shape index (κ3) is 5.40. The van der Waals surface area contributed by atoms with Crippen molar-refractivity contribution in [2.45, 2.75) is 12.8 Å². The summed E-state index contributed by atoms with van der Waals surface area (Å²) in [4.78, 5) is 24.2. The van der Waals surface area contributed by atoms with Crippen molar-refractivity contribution in [3.05, 3.63) is 42.5 Å². The van der Waals surface area contributed by atoms with Crippen LogP contribution in [0.5, 0.6) is 0 Å². The molecule has 2 heterocycles. The summed E-state index contributed by atoms with van der Waals surface area (Å²) in [6, 6.07) is 13.9. The minimum absolute atomic E-state index is 0.360. The second-order valence-corrected chi connectivity index (χ2v) is 6.50. The number of aromatic nitrogens is 2. The number of primary amides is 1. The van der Waals surface area contributed by atoms with Crippen molar-refractivity contribution in [3.8, 4) is 11.3 Å². The number of nitrogens with zero attached hydrogens (tertiary/aromatic N) is 3. The molecule has 1 aromatic heterocycles. The molecule has 2 aromatic rings. The molecule has 1 aliphatic rings. The summed E-state index contributed by atoms with van der Waals surface area (Å²) >= 11 is 0. The number of ether oxygens (including phenoxy) is 1. The summed E-state index contributed by atoms with van der Waals surface area (Å²) in [7, 11) is 0. The zero-order chi connectivity index (χ0) is 19.1. The molecule has 0 unspecified atom stereocenters. The Balaban J connectivity index is 1.45. The maximum atomic E-state index is 11.5. The van der Waals surface area contributed by atoms with Crippen LogP contribution in [0.1, 0.15) is 12.8 Å². The first-order valence-electron chi connectivity index (χ1n) is 8.95. The first-order valence-corrected chi connectivity index (χ1v) is 8.95. The average Bonchev–Trinajstić information content (AvgIpc) is 2.72. The molecule has 2 amide bonds. The Morgan fingerprint density at radius 1 is 1.11 bits per heavy atom. The Labute approximate surface area is 157 Å². The Morgan fingerprint density at radius 2 is 1.85 bits per heavy atom. The van der Waals surface area contributed by atoms with Crippen LogP contribution in [0.25, 0.3) is 11.3 Å². The molecule has 8 nitrogen and oxygen atoms in total. The Hall–Kier alpha value is -3.16. The predicted molar refractivity (Wildman–Crippen MR) is 101 cm³/mol. The molecule has 1 fully saturated rings. The minimum Gasteiger partial charge on any atom is -0.439 e. The van der Waals surface area contributed by atoms with Crippen molar-refractivity contribution >= 4 is 17.8 Å². The first-order chi connectivity index (χ1) is 13.1. The van der Waals surface area contributed by atoms with Gasteiger partial charge in [0.15, 0.2) is 12.4 Å². The van der Waals surface area contributed by atoms with E-state index in [1.165, 1.54) is 0 Å². The molecule has 3 rings (SSSR count). The van der Waals surface area contributed by atoms with Crippen LogP contribution in [0.3, 0.4) is 0 Å². The van der Waals surface area contributed by atoms with E-state index >= 15 is 0 Å². The fourth-order valence-corrected chi connectivity index (χ4v) is 3.04. The van der Waals surface area contributed by atoms with Gasteiger partial charge in [-0.3, -0.25) is 4.79 Å². The molecule has 142 valence electrons. The number of nitrogens with one attached hydrogen (secondary N) is 1. The van der Waals surface area contributed by atoms with E-state index < -0.39 is 18.6 Å². The van der Waals surface area contributed by atoms with Crippen molar-refractivity contribution < 1.29 is 14.3 Å². The van der Waals surface area contributed by atoms with E-state index in [-0.39, 0.29) is 0 Å². The van der Waals surface area contributed by atoms with Crippen LogP contribution in [-0.2, 0) is 9.53 Å². The molecular formula is C19H23N5O3. The minimum atomic E-state index is -0.669. The van der Waals surface area contributed by atoms with Gasteiger partial charge in [-0.05, 0) is 30.9 Å². The molecule has 27 heavy (non-hydrogen) atoms. The SMILES string of the molecule is NC(=O)COC(=O)NCC1CCN(c2ccc(-c3ccccc3)nn2)CC1. The van der Waals surface area contributed by atoms with Gasteiger partial charge in [0, 0.05) is 25.2 Å². The fourth-order valence-electron chi connectivity index (χ4n) is 3.04. The average molecular weight is 369 g/mol. The van der Waals surface area contributed by atoms with Crippen LogP contribution in [-0.4, -0.2) is 48.4 Å². The van der Waals surface area contributed by atoms with Crippen LogP contribution >= 0.6 is 0 Å². The third-order valence-corrected chi connectivity index (χ3v) is 4.54. The third-order valence-electron chi connectivity index (χ3n) is 4.54. The van der Waals surface area contributed by atoms with Gasteiger partial charge in [-0.1, -0.05) is 30.3 Å². The highest BCUT2D eigenvalue weighted by molar-refractivity contribution is 5.78. The maximum Gasteiger partial charge on any atom is 0.407 e. The van der Waals surface area contributed by atoms with Crippen LogP contribution in [0, 0.1) is 5.92 Å². The molecule has 8 heteroatoms. The predicted octanol–water partition coefficient (Wildman–Crippen LogP) is 1.57. The van der Waals surface area contributed by atoms with Crippen molar-refractivity contribution in [1.29, 1.82) is 0 Å². The number of piperidine rings is 1. The van der Waals surface area contributed by atoms with Gasteiger partial charge in [-0.15, -0.1) is 10.2 Å². The molecular weight excluding hydrogens is 346 g/mol. The van der Waals surface area contributed by atoms with Crippen LogP contribution in [0.2, 0.25) is 0 Å². The van der Waals surface area contributed by atoms with E-state index in [0.29, 0.717) is 12.5 Å². The number of carbonyl (C=O) groups excluding carboxylic acids is 2. The van der Waals surface area contributed by atoms with Crippen LogP contribution in [0.4, 0.5) is 10.6 Å². The highest BCUT2D eigenvalue weighted by Gasteiger charge is 2.21. The molecule has 1 saturated heterocycles. The molecule has 0 atom stereocenters. The Morgan fingerprint density at radius 3 is 2.48 bits per heavy atom. The van der Waals surface area contributed by atoms with Crippen molar-refractivity contribution in [2.75, 3.05) is 31.1 Å². The lowest BCUT2D eigenvalue weighted by Gasteiger charge is -2.32. The number of hydrogen-bond acceptors (Lipinski definition) is 6. The molecule has 1 aliphatic heterocycles. The first kappa shape index (κ1) is 18.6. The second-order valence-electron chi connectivity index (χ2n) is 6.50. The monoisotopic (exact) mass is 369 g/mol. The highest BCUT2D eigenvalue weighted by Crippen LogP contribution is 2.23. The zero-order valence-electron chi connectivity index (χ0n) is 15.0. The van der Waals surface area contributed by atoms with E-state index in [4.69, 9.17) is 5.73 Å². The zero-order valence-corrected chi connectivity index (χ0v) is 15.0. The van der Waals surface area contributed by atoms with E-state index in [0.717, 1.165) is 43.0 Å². The maximum absolute atomic E-state index is 11.5. The van der Waals surface area contributed by atoms with E-state index in [1.54, 1.807) is 0 Å². The van der Waals surface area contributed by atoms with E-state index in [9.17, 15) is 9.59 Å². The van der Waals surface area contributed by atoms with Gasteiger partial charge in [-0.25, -0.2) is 4.79 Å². The quantitative estimate of drug-likeness (QED) is 0.800. The van der Waals surface area contributed by atoms with Gasteiger partial charge in [0.25, 0.3) is 5.91 Å². The van der Waals surface area contributed by atoms with Crippen LogP contribution in [0.15, 0.2) is 42.5 Å². The van der Waals surface area contributed by atoms with Crippen molar-refractivity contribution in [2.24, 2.45) is 11.7 Å². The number of nitrogens with two attached hydrogens (primary N) is 1. The van der Waals surface area contributed by atoms with Gasteiger partial charge in [0.05, 0.1) is 5.69 Å². The van der Waals surface area contributed by atoms with Crippen molar-refractivity contribution in [1.82, 2.24) is 15.5 Å². The Bertz CT molecular complexity index is 759. The van der Waals surface area contributed by atoms with Gasteiger partial charge < -0.3 is 20.7 Å². The standard InChI is InChI=1S/C19H23N5O3/c20-17(25)13-27-19(26)21-12-14-8-10-24(11-9-14)18-7-6-16(22-23-18)15-4-2-1-3-5-15/h1-7,14H,8-13H2,(H2,20,25)(H,21,26).